The van der Waals surface area contributed by atoms with Crippen LogP contribution in [-0.2, 0) is 10.0 Å². The predicted molar refractivity (Wildman–Crippen MR) is 33.5 cm³/mol. The van der Waals surface area contributed by atoms with E-state index in [4.69, 9.17) is 0 Å². The molecule has 0 bridgehead atoms. The maximum atomic E-state index is 11.4. The zero-order valence-electron chi connectivity index (χ0n) is 5.77. The molecule has 1 N–H and O–H groups in total. The number of halogens is 3. The molecule has 0 aliphatic rings. The van der Waals surface area contributed by atoms with E-state index in [0.717, 1.165) is 6.26 Å². The monoisotopic (exact) mass is 191 g/mol. The van der Waals surface area contributed by atoms with E-state index in [2.05, 4.69) is 0 Å². The van der Waals surface area contributed by atoms with Gasteiger partial charge in [-0.05, 0) is 0 Å². The first kappa shape index (κ1) is 10.7. The summed E-state index contributed by atoms with van der Waals surface area (Å²) in [5.41, 5.74) is 0. The van der Waals surface area contributed by atoms with Crippen LogP contribution in [0.4, 0.5) is 13.2 Å². The van der Waals surface area contributed by atoms with Crippen LogP contribution in [0.1, 0.15) is 6.42 Å². The van der Waals surface area contributed by atoms with Gasteiger partial charge in [0, 0.05) is 6.54 Å². The van der Waals surface area contributed by atoms with E-state index >= 15 is 0 Å². The van der Waals surface area contributed by atoms with Gasteiger partial charge in [-0.1, -0.05) is 0 Å². The Labute approximate surface area is 62.6 Å². The van der Waals surface area contributed by atoms with Crippen LogP contribution in [0.5, 0.6) is 0 Å². The molecule has 0 aliphatic heterocycles. The van der Waals surface area contributed by atoms with Gasteiger partial charge in [-0.3, -0.25) is 0 Å². The number of alkyl halides is 3. The molecule has 68 valence electrons. The minimum absolute atomic E-state index is 0.595. The molecule has 0 saturated heterocycles. The molecule has 0 spiro atoms. The standard InChI is InChI=1S/C4H8F3NO2S/c1-11(9,10)8-3-2-4(5,6)7/h8H,2-3H2,1H3. The second-order valence-electron chi connectivity index (χ2n) is 2.03. The highest BCUT2D eigenvalue weighted by molar-refractivity contribution is 7.88. The Bertz CT molecular complexity index is 208. The van der Waals surface area contributed by atoms with Gasteiger partial charge in [0.25, 0.3) is 0 Å². The lowest BCUT2D eigenvalue weighted by Crippen LogP contribution is -2.26. The second-order valence-corrected chi connectivity index (χ2v) is 3.86. The molecule has 0 aromatic carbocycles. The molecule has 0 saturated carbocycles. The lowest BCUT2D eigenvalue weighted by Gasteiger charge is -2.05. The Hall–Kier alpha value is -0.300. The average molecular weight is 191 g/mol. The van der Waals surface area contributed by atoms with Crippen molar-refractivity contribution in [1.82, 2.24) is 4.72 Å². The van der Waals surface area contributed by atoms with Crippen molar-refractivity contribution in [2.24, 2.45) is 0 Å². The SMILES string of the molecule is CS(=O)(=O)NCCC(F)(F)F. The Morgan fingerprint density at radius 1 is 1.36 bits per heavy atom. The van der Waals surface area contributed by atoms with Crippen molar-refractivity contribution in [3.63, 3.8) is 0 Å². The first-order valence-corrected chi connectivity index (χ1v) is 4.61. The minimum Gasteiger partial charge on any atom is -0.215 e. The topological polar surface area (TPSA) is 46.2 Å². The third-order valence-electron chi connectivity index (χ3n) is 0.773. The third-order valence-corrected chi connectivity index (χ3v) is 1.50. The maximum absolute atomic E-state index is 11.4. The van der Waals surface area contributed by atoms with Gasteiger partial charge in [0.1, 0.15) is 0 Å². The predicted octanol–water partition coefficient (Wildman–Crippen LogP) is 0.488. The zero-order chi connectivity index (χ0) is 9.12. The summed E-state index contributed by atoms with van der Waals surface area (Å²) in [6.07, 6.45) is -4.64. The molecule has 0 aliphatic carbocycles. The maximum Gasteiger partial charge on any atom is 0.390 e. The van der Waals surface area contributed by atoms with Crippen molar-refractivity contribution >= 4 is 10.0 Å². The molecule has 0 fully saturated rings. The number of hydrogen-bond acceptors (Lipinski definition) is 2. The molecule has 0 radical (unpaired) electrons. The van der Waals surface area contributed by atoms with Crippen LogP contribution in [0, 0.1) is 0 Å². The highest BCUT2D eigenvalue weighted by Gasteiger charge is 2.26. The Balaban J connectivity index is 3.61. The smallest absolute Gasteiger partial charge is 0.215 e. The van der Waals surface area contributed by atoms with Gasteiger partial charge in [-0.25, -0.2) is 13.1 Å². The summed E-state index contributed by atoms with van der Waals surface area (Å²) in [6, 6.07) is 0. The van der Waals surface area contributed by atoms with E-state index < -0.39 is 29.2 Å². The van der Waals surface area contributed by atoms with Crippen molar-refractivity contribution in [1.29, 1.82) is 0 Å². The second kappa shape index (κ2) is 3.40. The van der Waals surface area contributed by atoms with Gasteiger partial charge in [-0.15, -0.1) is 0 Å². The van der Waals surface area contributed by atoms with E-state index in [0.29, 0.717) is 0 Å². The van der Waals surface area contributed by atoms with Gasteiger partial charge in [0.05, 0.1) is 12.7 Å². The van der Waals surface area contributed by atoms with Crippen LogP contribution in [0.25, 0.3) is 0 Å². The first-order valence-electron chi connectivity index (χ1n) is 2.72. The zero-order valence-corrected chi connectivity index (χ0v) is 6.59. The molecule has 7 heteroatoms. The highest BCUT2D eigenvalue weighted by Crippen LogP contribution is 2.18. The number of sulfonamides is 1. The molecule has 0 unspecified atom stereocenters. The molecule has 0 aromatic heterocycles. The summed E-state index contributed by atoms with van der Waals surface area (Å²) < 4.78 is 56.4. The van der Waals surface area contributed by atoms with E-state index in [1.807, 2.05) is 0 Å². The molecule has 0 heterocycles. The average Bonchev–Trinajstić information content (AvgIpc) is 1.55. The van der Waals surface area contributed by atoms with Crippen LogP contribution in [0.3, 0.4) is 0 Å². The van der Waals surface area contributed by atoms with Gasteiger partial charge in [0.15, 0.2) is 0 Å². The quantitative estimate of drug-likeness (QED) is 0.705. The van der Waals surface area contributed by atoms with Crippen LogP contribution < -0.4 is 4.72 Å². The lowest BCUT2D eigenvalue weighted by atomic mass is 10.4. The fraction of sp³-hybridized carbons (Fsp3) is 1.00. The van der Waals surface area contributed by atoms with E-state index in [1.165, 1.54) is 0 Å². The normalized spacial score (nSPS) is 13.5. The van der Waals surface area contributed by atoms with Gasteiger partial charge in [-0.2, -0.15) is 13.2 Å². The molecule has 11 heavy (non-hydrogen) atoms. The van der Waals surface area contributed by atoms with Crippen molar-refractivity contribution in [2.75, 3.05) is 12.8 Å². The first-order chi connectivity index (χ1) is 4.71. The van der Waals surface area contributed by atoms with Crippen LogP contribution >= 0.6 is 0 Å². The molecule has 0 aromatic rings. The van der Waals surface area contributed by atoms with E-state index in [9.17, 15) is 21.6 Å². The van der Waals surface area contributed by atoms with E-state index in [1.54, 1.807) is 4.72 Å². The molecule has 0 rings (SSSR count). The highest BCUT2D eigenvalue weighted by atomic mass is 32.2. The van der Waals surface area contributed by atoms with E-state index in [-0.39, 0.29) is 0 Å². The summed E-state index contributed by atoms with van der Waals surface area (Å²) in [5.74, 6) is 0. The largest absolute Gasteiger partial charge is 0.390 e. The Morgan fingerprint density at radius 2 is 1.82 bits per heavy atom. The van der Waals surface area contributed by atoms with Crippen molar-refractivity contribution in [2.45, 2.75) is 12.6 Å². The van der Waals surface area contributed by atoms with Crippen LogP contribution in [-0.4, -0.2) is 27.4 Å². The summed E-state index contributed by atoms with van der Waals surface area (Å²) in [4.78, 5) is 0. The van der Waals surface area contributed by atoms with Gasteiger partial charge >= 0.3 is 6.18 Å². The molecule has 0 atom stereocenters. The number of rotatable bonds is 3. The van der Waals surface area contributed by atoms with Crippen LogP contribution in [0.2, 0.25) is 0 Å². The Morgan fingerprint density at radius 3 is 2.09 bits per heavy atom. The molecule has 0 amide bonds. The van der Waals surface area contributed by atoms with Crippen molar-refractivity contribution in [3.8, 4) is 0 Å². The lowest BCUT2D eigenvalue weighted by molar-refractivity contribution is -0.132. The summed E-state index contributed by atoms with van der Waals surface area (Å²) in [6.45, 7) is -0.595. The molecular formula is C4H8F3NO2S. The Kier molecular flexibility index (Phi) is 3.30. The van der Waals surface area contributed by atoms with Gasteiger partial charge in [0.2, 0.25) is 10.0 Å². The van der Waals surface area contributed by atoms with Crippen molar-refractivity contribution < 1.29 is 21.6 Å². The fourth-order valence-electron chi connectivity index (χ4n) is 0.378. The van der Waals surface area contributed by atoms with Crippen LogP contribution in [0.15, 0.2) is 0 Å². The van der Waals surface area contributed by atoms with Gasteiger partial charge < -0.3 is 0 Å². The number of nitrogens with one attached hydrogen (secondary N) is 1. The third kappa shape index (κ3) is 9.70. The molecule has 3 nitrogen and oxygen atoms in total. The minimum atomic E-state index is -4.31. The summed E-state index contributed by atoms with van der Waals surface area (Å²) in [5, 5.41) is 0. The van der Waals surface area contributed by atoms with Crippen molar-refractivity contribution in [3.05, 3.63) is 0 Å². The number of hydrogen-bond donors (Lipinski definition) is 1. The fourth-order valence-corrected chi connectivity index (χ4v) is 0.851. The molecular weight excluding hydrogens is 183 g/mol. The summed E-state index contributed by atoms with van der Waals surface area (Å²) in [7, 11) is -3.50. The summed E-state index contributed by atoms with van der Waals surface area (Å²) >= 11 is 0.